The van der Waals surface area contributed by atoms with E-state index in [1.54, 1.807) is 0 Å². The van der Waals surface area contributed by atoms with Gasteiger partial charge in [0.1, 0.15) is 0 Å². The van der Waals surface area contributed by atoms with Gasteiger partial charge in [-0.25, -0.2) is 0 Å². The molecule has 1 atom stereocenters. The van der Waals surface area contributed by atoms with Crippen LogP contribution < -0.4 is 10.6 Å². The van der Waals surface area contributed by atoms with E-state index in [2.05, 4.69) is 23.1 Å². The van der Waals surface area contributed by atoms with Gasteiger partial charge in [0.15, 0.2) is 0 Å². The van der Waals surface area contributed by atoms with Crippen LogP contribution in [0.5, 0.6) is 0 Å². The number of rotatable bonds is 3. The Morgan fingerprint density at radius 1 is 1.25 bits per heavy atom. The molecule has 4 nitrogen and oxygen atoms in total. The fourth-order valence-corrected chi connectivity index (χ4v) is 3.62. The molecule has 20 heavy (non-hydrogen) atoms. The SMILES string of the molecule is NC(=O)CN1CCC(C2CCOCC2)c2ccccc21. The maximum atomic E-state index is 11.2. The smallest absolute Gasteiger partial charge is 0.236 e. The summed E-state index contributed by atoms with van der Waals surface area (Å²) < 4.78 is 5.48. The van der Waals surface area contributed by atoms with Gasteiger partial charge in [0.25, 0.3) is 0 Å². The van der Waals surface area contributed by atoms with Gasteiger partial charge >= 0.3 is 0 Å². The van der Waals surface area contributed by atoms with Crippen molar-refractivity contribution < 1.29 is 9.53 Å². The minimum Gasteiger partial charge on any atom is -0.381 e. The number of primary amides is 1. The molecule has 3 rings (SSSR count). The van der Waals surface area contributed by atoms with Gasteiger partial charge in [0.05, 0.1) is 6.54 Å². The summed E-state index contributed by atoms with van der Waals surface area (Å²) in [5.41, 5.74) is 7.93. The topological polar surface area (TPSA) is 55.6 Å². The van der Waals surface area contributed by atoms with Crippen LogP contribution in [0.15, 0.2) is 24.3 Å². The van der Waals surface area contributed by atoms with E-state index in [-0.39, 0.29) is 5.91 Å². The Morgan fingerprint density at radius 3 is 2.75 bits per heavy atom. The van der Waals surface area contributed by atoms with Crippen molar-refractivity contribution in [1.82, 2.24) is 0 Å². The summed E-state index contributed by atoms with van der Waals surface area (Å²) in [6, 6.07) is 8.46. The predicted octanol–water partition coefficient (Wildman–Crippen LogP) is 1.89. The molecular formula is C16H22N2O2. The molecule has 2 heterocycles. The summed E-state index contributed by atoms with van der Waals surface area (Å²) in [5.74, 6) is 1.05. The zero-order chi connectivity index (χ0) is 13.9. The van der Waals surface area contributed by atoms with Gasteiger partial charge in [-0.1, -0.05) is 18.2 Å². The van der Waals surface area contributed by atoms with Crippen LogP contribution in [0.1, 0.15) is 30.7 Å². The molecule has 0 saturated carbocycles. The molecule has 1 unspecified atom stereocenters. The van der Waals surface area contributed by atoms with Crippen LogP contribution in [-0.2, 0) is 9.53 Å². The van der Waals surface area contributed by atoms with Crippen molar-refractivity contribution in [2.45, 2.75) is 25.2 Å². The first-order valence-corrected chi connectivity index (χ1v) is 7.45. The number of amides is 1. The molecule has 2 N–H and O–H groups in total. The average Bonchev–Trinajstić information content (AvgIpc) is 2.48. The van der Waals surface area contributed by atoms with Crippen LogP contribution >= 0.6 is 0 Å². The number of benzene rings is 1. The van der Waals surface area contributed by atoms with Gasteiger partial charge in [0, 0.05) is 25.4 Å². The number of para-hydroxylation sites is 1. The van der Waals surface area contributed by atoms with E-state index in [0.717, 1.165) is 39.0 Å². The van der Waals surface area contributed by atoms with E-state index in [1.807, 2.05) is 6.07 Å². The second-order valence-corrected chi connectivity index (χ2v) is 5.79. The van der Waals surface area contributed by atoms with Crippen molar-refractivity contribution in [2.24, 2.45) is 11.7 Å². The highest BCUT2D eigenvalue weighted by atomic mass is 16.5. The lowest BCUT2D eigenvalue weighted by Gasteiger charge is -2.39. The molecular weight excluding hydrogens is 252 g/mol. The highest BCUT2D eigenvalue weighted by Gasteiger charge is 2.31. The van der Waals surface area contributed by atoms with E-state index in [0.29, 0.717) is 18.4 Å². The van der Waals surface area contributed by atoms with E-state index < -0.39 is 0 Å². The van der Waals surface area contributed by atoms with Crippen molar-refractivity contribution in [2.75, 3.05) is 31.2 Å². The van der Waals surface area contributed by atoms with E-state index in [9.17, 15) is 4.79 Å². The van der Waals surface area contributed by atoms with Crippen molar-refractivity contribution in [1.29, 1.82) is 0 Å². The third-order valence-corrected chi connectivity index (χ3v) is 4.57. The molecule has 2 aliphatic rings. The number of nitrogens with zero attached hydrogens (tertiary/aromatic N) is 1. The maximum Gasteiger partial charge on any atom is 0.236 e. The first kappa shape index (κ1) is 13.4. The van der Waals surface area contributed by atoms with Crippen LogP contribution in [0.4, 0.5) is 5.69 Å². The molecule has 0 aliphatic carbocycles. The van der Waals surface area contributed by atoms with E-state index in [4.69, 9.17) is 10.5 Å². The van der Waals surface area contributed by atoms with Crippen LogP contribution in [0.3, 0.4) is 0 Å². The molecule has 0 bridgehead atoms. The van der Waals surface area contributed by atoms with Crippen molar-refractivity contribution in [3.8, 4) is 0 Å². The first-order chi connectivity index (χ1) is 9.75. The van der Waals surface area contributed by atoms with Gasteiger partial charge in [-0.2, -0.15) is 0 Å². The number of nitrogens with two attached hydrogens (primary N) is 1. The highest BCUT2D eigenvalue weighted by molar-refractivity contribution is 5.80. The van der Waals surface area contributed by atoms with Crippen LogP contribution in [0.25, 0.3) is 0 Å². The molecule has 0 radical (unpaired) electrons. The summed E-state index contributed by atoms with van der Waals surface area (Å²) in [4.78, 5) is 13.3. The van der Waals surface area contributed by atoms with Crippen molar-refractivity contribution in [3.05, 3.63) is 29.8 Å². The molecule has 1 saturated heterocycles. The number of carbonyl (C=O) groups excluding carboxylic acids is 1. The molecule has 2 aliphatic heterocycles. The molecule has 4 heteroatoms. The average molecular weight is 274 g/mol. The lowest BCUT2D eigenvalue weighted by molar-refractivity contribution is -0.116. The van der Waals surface area contributed by atoms with Gasteiger partial charge in [-0.3, -0.25) is 4.79 Å². The van der Waals surface area contributed by atoms with Crippen molar-refractivity contribution in [3.63, 3.8) is 0 Å². The summed E-state index contributed by atoms with van der Waals surface area (Å²) in [6.45, 7) is 3.00. The minimum absolute atomic E-state index is 0.260. The number of hydrogen-bond acceptors (Lipinski definition) is 3. The Morgan fingerprint density at radius 2 is 2.00 bits per heavy atom. The monoisotopic (exact) mass is 274 g/mol. The molecule has 0 aromatic heterocycles. The van der Waals surface area contributed by atoms with Gasteiger partial charge in [0.2, 0.25) is 5.91 Å². The Kier molecular flexibility index (Phi) is 3.92. The molecule has 1 aromatic carbocycles. The number of hydrogen-bond donors (Lipinski definition) is 1. The Bertz CT molecular complexity index is 483. The Labute approximate surface area is 119 Å². The quantitative estimate of drug-likeness (QED) is 0.915. The highest BCUT2D eigenvalue weighted by Crippen LogP contribution is 2.42. The third-order valence-electron chi connectivity index (χ3n) is 4.57. The molecule has 0 spiro atoms. The van der Waals surface area contributed by atoms with E-state index >= 15 is 0 Å². The molecule has 1 fully saturated rings. The zero-order valence-electron chi connectivity index (χ0n) is 11.8. The lowest BCUT2D eigenvalue weighted by Crippen LogP contribution is -2.39. The van der Waals surface area contributed by atoms with Gasteiger partial charge in [-0.05, 0) is 42.7 Å². The second-order valence-electron chi connectivity index (χ2n) is 5.79. The fourth-order valence-electron chi connectivity index (χ4n) is 3.62. The van der Waals surface area contributed by atoms with E-state index in [1.165, 1.54) is 11.3 Å². The molecule has 1 amide bonds. The fraction of sp³-hybridized carbons (Fsp3) is 0.562. The molecule has 108 valence electrons. The number of anilines is 1. The minimum atomic E-state index is -0.260. The second kappa shape index (κ2) is 5.83. The Balaban J connectivity index is 1.86. The number of ether oxygens (including phenoxy) is 1. The predicted molar refractivity (Wildman–Crippen MR) is 78.8 cm³/mol. The maximum absolute atomic E-state index is 11.2. The van der Waals surface area contributed by atoms with Crippen LogP contribution in [-0.4, -0.2) is 32.2 Å². The summed E-state index contributed by atoms with van der Waals surface area (Å²) in [5, 5.41) is 0. The zero-order valence-corrected chi connectivity index (χ0v) is 11.8. The first-order valence-electron chi connectivity index (χ1n) is 7.45. The number of fused-ring (bicyclic) bond motifs is 1. The summed E-state index contributed by atoms with van der Waals surface area (Å²) in [7, 11) is 0. The third kappa shape index (κ3) is 2.66. The standard InChI is InChI=1S/C16H22N2O2/c17-16(19)11-18-8-5-13(12-6-9-20-10-7-12)14-3-1-2-4-15(14)18/h1-4,12-13H,5-11H2,(H2,17,19). The van der Waals surface area contributed by atoms with Crippen LogP contribution in [0.2, 0.25) is 0 Å². The van der Waals surface area contributed by atoms with Crippen LogP contribution in [0, 0.1) is 5.92 Å². The largest absolute Gasteiger partial charge is 0.381 e. The molecule has 1 aromatic rings. The summed E-state index contributed by atoms with van der Waals surface area (Å²) >= 11 is 0. The van der Waals surface area contributed by atoms with Gasteiger partial charge in [-0.15, -0.1) is 0 Å². The number of carbonyl (C=O) groups is 1. The van der Waals surface area contributed by atoms with Gasteiger partial charge < -0.3 is 15.4 Å². The summed E-state index contributed by atoms with van der Waals surface area (Å²) in [6.07, 6.45) is 3.40. The lowest BCUT2D eigenvalue weighted by atomic mass is 9.77. The normalized spacial score (nSPS) is 23.4. The van der Waals surface area contributed by atoms with Crippen molar-refractivity contribution >= 4 is 11.6 Å². The Hall–Kier alpha value is -1.55.